The lowest BCUT2D eigenvalue weighted by atomic mass is 9.91. The molecule has 2 fully saturated rings. The van der Waals surface area contributed by atoms with Gasteiger partial charge in [0.15, 0.2) is 11.7 Å². The molecule has 3 aliphatic heterocycles. The normalized spacial score (nSPS) is 23.2. The number of rotatable bonds is 27. The van der Waals surface area contributed by atoms with Crippen LogP contribution < -0.4 is 54.4 Å². The number of guanidine groups is 1. The minimum absolute atomic E-state index is 0.00859. The fraction of sp³-hybridized carbons (Fsp3) is 0.567. The Morgan fingerprint density at radius 1 is 0.764 bits per heavy atom. The lowest BCUT2D eigenvalue weighted by molar-refractivity contribution is -0.135. The van der Waals surface area contributed by atoms with E-state index in [1.807, 2.05) is 36.0 Å². The van der Waals surface area contributed by atoms with Gasteiger partial charge in [-0.15, -0.1) is 5.10 Å². The van der Waals surface area contributed by atoms with Gasteiger partial charge in [-0.2, -0.15) is 11.8 Å². The topological polar surface area (TPSA) is 423 Å². The van der Waals surface area contributed by atoms with Crippen LogP contribution in [0.5, 0.6) is 5.75 Å². The van der Waals surface area contributed by atoms with E-state index in [9.17, 15) is 48.3 Å². The minimum atomic E-state index is -1.37. The number of aromatic nitrogens is 4. The molecule has 2 saturated heterocycles. The summed E-state index contributed by atoms with van der Waals surface area (Å²) < 4.78 is 18.4. The molecule has 0 aliphatic carbocycles. The number of Topliss-reactive ketones (excluding diaryl/α,β-unsaturated/α-hetero) is 2. The van der Waals surface area contributed by atoms with Crippen LogP contribution in [0.4, 0.5) is 4.79 Å². The monoisotopic (exact) mass is 1260 g/mol. The van der Waals surface area contributed by atoms with Crippen molar-refractivity contribution >= 4 is 81.7 Å². The minimum Gasteiger partial charge on any atom is -0.508 e. The molecule has 2 aromatic heterocycles. The third-order valence-electron chi connectivity index (χ3n) is 15.7. The summed E-state index contributed by atoms with van der Waals surface area (Å²) in [7, 11) is 0. The van der Waals surface area contributed by atoms with Gasteiger partial charge in [-0.25, -0.2) is 4.79 Å². The van der Waals surface area contributed by atoms with Crippen LogP contribution in [-0.2, 0) is 78.4 Å². The number of benzene rings is 2. The van der Waals surface area contributed by atoms with E-state index in [0.717, 1.165) is 35.9 Å². The molecular weight excluding hydrogens is 1170 g/mol. The van der Waals surface area contributed by atoms with Crippen molar-refractivity contribution in [1.82, 2.24) is 57.2 Å². The highest BCUT2D eigenvalue weighted by molar-refractivity contribution is 8.00. The van der Waals surface area contributed by atoms with Gasteiger partial charge in [0.1, 0.15) is 42.3 Å². The van der Waals surface area contributed by atoms with Gasteiger partial charge in [0.05, 0.1) is 50.2 Å². The van der Waals surface area contributed by atoms with E-state index in [-0.39, 0.29) is 114 Å². The van der Waals surface area contributed by atoms with Crippen LogP contribution in [0.2, 0.25) is 0 Å². The second-order valence-corrected chi connectivity index (χ2v) is 23.9. The smallest absolute Gasteiger partial charge is 0.315 e. The number of para-hydroxylation sites is 1. The molecule has 28 nitrogen and oxygen atoms in total. The number of primary amides is 1. The van der Waals surface area contributed by atoms with Crippen LogP contribution in [0.3, 0.4) is 0 Å². The number of ether oxygens (including phenoxy) is 3. The fourth-order valence-corrected chi connectivity index (χ4v) is 12.4. The van der Waals surface area contributed by atoms with Crippen molar-refractivity contribution in [2.45, 2.75) is 157 Å². The van der Waals surface area contributed by atoms with Gasteiger partial charge in [0.25, 0.3) is 0 Å². The zero-order valence-electron chi connectivity index (χ0n) is 50.2. The molecular formula is C60H85N15O13S. The van der Waals surface area contributed by atoms with E-state index in [0.29, 0.717) is 67.3 Å². The number of aromatic amines is 1. The summed E-state index contributed by atoms with van der Waals surface area (Å²) in [5, 5.41) is 39.3. The number of aliphatic imine (C=N–C) groups is 1. The molecule has 5 heterocycles. The first kappa shape index (κ1) is 68.3. The quantitative estimate of drug-likeness (QED) is 0.0166. The van der Waals surface area contributed by atoms with Crippen LogP contribution in [0.15, 0.2) is 65.9 Å². The van der Waals surface area contributed by atoms with E-state index in [4.69, 9.17) is 31.4 Å². The fourth-order valence-electron chi connectivity index (χ4n) is 10.8. The summed E-state index contributed by atoms with van der Waals surface area (Å²) in [6.07, 6.45) is 7.99. The number of phenolic OH excluding ortho intramolecular Hbond substituents is 1. The number of carbonyl (C=O) groups is 9. The first-order valence-corrected chi connectivity index (χ1v) is 31.5. The number of unbranched alkanes of at least 4 members (excludes halogenated alkanes) is 1. The molecule has 9 atom stereocenters. The Bertz CT molecular complexity index is 3060. The third-order valence-corrected chi connectivity index (χ3v) is 17.2. The first-order valence-electron chi connectivity index (χ1n) is 30.4. The van der Waals surface area contributed by atoms with Crippen molar-refractivity contribution in [3.8, 4) is 5.75 Å². The van der Waals surface area contributed by atoms with Gasteiger partial charge < -0.3 is 78.7 Å². The van der Waals surface area contributed by atoms with E-state index in [1.165, 1.54) is 23.7 Å². The van der Waals surface area contributed by atoms with Crippen LogP contribution in [-0.4, -0.2) is 184 Å². The Hall–Kier alpha value is -8.15. The lowest BCUT2D eigenvalue weighted by Crippen LogP contribution is -2.58. The van der Waals surface area contributed by atoms with Gasteiger partial charge in [-0.1, -0.05) is 42.0 Å². The molecule has 0 radical (unpaired) electrons. The number of nitrogens with zero attached hydrogens (tertiary/aromatic N) is 4. The maximum absolute atomic E-state index is 14.8. The van der Waals surface area contributed by atoms with Crippen LogP contribution in [0.25, 0.3) is 10.9 Å². The average Bonchev–Trinajstić information content (AvgIpc) is 2.79. The molecule has 89 heavy (non-hydrogen) atoms. The maximum atomic E-state index is 14.8. The number of thioether (sulfide) groups is 1. The lowest BCUT2D eigenvalue weighted by Gasteiger charge is -2.26. The molecule has 0 unspecified atom stereocenters. The molecule has 29 heteroatoms. The Labute approximate surface area is 520 Å². The summed E-state index contributed by atoms with van der Waals surface area (Å²) in [5.41, 5.74) is 19.3. The maximum Gasteiger partial charge on any atom is 0.315 e. The third kappa shape index (κ3) is 22.4. The number of ketones is 2. The van der Waals surface area contributed by atoms with Gasteiger partial charge in [-0.3, -0.25) is 48.0 Å². The Morgan fingerprint density at radius 2 is 1.49 bits per heavy atom. The zero-order chi connectivity index (χ0) is 63.7. The van der Waals surface area contributed by atoms with Crippen LogP contribution >= 0.6 is 11.8 Å². The summed E-state index contributed by atoms with van der Waals surface area (Å²) in [6.45, 7) is 2.41. The number of aryl methyl sites for hydroxylation is 1. The van der Waals surface area contributed by atoms with Gasteiger partial charge in [0, 0.05) is 92.0 Å². The van der Waals surface area contributed by atoms with Gasteiger partial charge in [-0.05, 0) is 94.0 Å². The predicted molar refractivity (Wildman–Crippen MR) is 330 cm³/mol. The predicted octanol–water partition coefficient (Wildman–Crippen LogP) is 0.360. The number of nitrogens with two attached hydrogens (primary N) is 3. The zero-order valence-corrected chi connectivity index (χ0v) is 51.0. The SMILES string of the molecule is C[C@H]1NC(=O)[C@@H](CCCN=C(N)N)NC(=O)[C@@H](Cc2c[nH]c3ccccc23)NC(=O)[C@@H](NC(=O)COCCOCCOCCCC(=O)CCCC[C@H]2SC[C@H]3NC(=O)N[C@H]32)Cc2cn(nn2)CCCC[C@@H](C(N)=O)NC(=O)[C@@H](Cc2ccc(O)cc2)CC1=O. The molecule has 3 aliphatic rings. The number of hydrogen-bond acceptors (Lipinski definition) is 17. The first-order chi connectivity index (χ1) is 42.9. The Balaban J connectivity index is 0.987. The van der Waals surface area contributed by atoms with Crippen molar-refractivity contribution < 1.29 is 62.5 Å². The largest absolute Gasteiger partial charge is 0.508 e. The number of carbonyl (C=O) groups excluding carboxylic acids is 9. The van der Waals surface area contributed by atoms with E-state index < -0.39 is 84.0 Å². The van der Waals surface area contributed by atoms with E-state index >= 15 is 0 Å². The second kappa shape index (κ2) is 35.1. The summed E-state index contributed by atoms with van der Waals surface area (Å²) in [5.74, 6) is -5.14. The number of hydrogen-bond donors (Lipinski definition) is 12. The highest BCUT2D eigenvalue weighted by atomic mass is 32.2. The molecule has 8 amide bonds. The molecule has 4 aromatic rings. The molecule has 2 bridgehead atoms. The Morgan fingerprint density at radius 3 is 2.27 bits per heavy atom. The van der Waals surface area contributed by atoms with Gasteiger partial charge in [0.2, 0.25) is 35.4 Å². The van der Waals surface area contributed by atoms with Crippen molar-refractivity contribution in [1.29, 1.82) is 0 Å². The van der Waals surface area contributed by atoms with Crippen LogP contribution in [0.1, 0.15) is 101 Å². The molecule has 484 valence electrons. The number of phenols is 1. The average molecular weight is 1260 g/mol. The van der Waals surface area contributed by atoms with Crippen molar-refractivity contribution in [2.24, 2.45) is 28.1 Å². The Kier molecular flexibility index (Phi) is 27.0. The molecule has 7 rings (SSSR count). The van der Waals surface area contributed by atoms with E-state index in [2.05, 4.69) is 57.5 Å². The van der Waals surface area contributed by atoms with Crippen molar-refractivity contribution in [3.63, 3.8) is 0 Å². The standard InChI is InChI=1S/C60H85N15O13S/c1-36-50(78)30-38(28-37-17-19-42(77)20-18-37)55(81)68-45(54(61)80)14-6-7-22-75-33-40(73-74-75)31-48(58(84)70-47(29-39-32-65-44-13-4-3-12-43(39)44)57(83)69-46(56(82)66-36)15-8-21-64-59(62)63)67-52(79)34-88-27-26-87-25-24-86-23-9-11-41(76)10-2-5-16-51-53-49(35-89-51)71-60(85)72-53/h3-4,12-13,17-20,32-33,36,38,45-49,51,53,65,77H,2,5-11,14-16,21-31,34-35H2,1H3,(H2,61,80)(H,66,82)(H,67,79)(H,68,81)(H,69,83)(H,70,84)(H4,62,63,64)(H2,71,72,85)/t36-,38+,45+,46-,47-,48+,49-,51-,53-/m1/s1. The van der Waals surface area contributed by atoms with Crippen molar-refractivity contribution in [2.75, 3.05) is 51.9 Å². The number of H-pyrrole nitrogens is 1. The summed E-state index contributed by atoms with van der Waals surface area (Å²) in [6, 6.07) is 7.32. The number of nitrogens with one attached hydrogen (secondary N) is 8. The summed E-state index contributed by atoms with van der Waals surface area (Å²) in [4.78, 5) is 130. The number of amides is 8. The molecule has 0 spiro atoms. The molecule has 0 saturated carbocycles. The summed E-state index contributed by atoms with van der Waals surface area (Å²) >= 11 is 1.87. The highest BCUT2D eigenvalue weighted by Gasteiger charge is 2.42. The number of urea groups is 1. The van der Waals surface area contributed by atoms with Crippen LogP contribution in [0, 0.1) is 5.92 Å². The van der Waals surface area contributed by atoms with Crippen molar-refractivity contribution in [3.05, 3.63) is 77.7 Å². The van der Waals surface area contributed by atoms with E-state index in [1.54, 1.807) is 24.5 Å². The molecule has 15 N–H and O–H groups in total. The number of fused-ring (bicyclic) bond motifs is 4. The number of aromatic hydroxyl groups is 1. The highest BCUT2D eigenvalue weighted by Crippen LogP contribution is 2.33. The molecule has 2 aromatic carbocycles. The van der Waals surface area contributed by atoms with Gasteiger partial charge >= 0.3 is 6.03 Å². The second-order valence-electron chi connectivity index (χ2n) is 22.6.